The van der Waals surface area contributed by atoms with Crippen molar-refractivity contribution in [2.24, 2.45) is 11.8 Å². The Morgan fingerprint density at radius 3 is 3.06 bits per heavy atom. The molecule has 0 spiro atoms. The summed E-state index contributed by atoms with van der Waals surface area (Å²) in [6, 6.07) is 5.85. The molecule has 2 unspecified atom stereocenters. The highest BCUT2D eigenvalue weighted by molar-refractivity contribution is 6.32. The highest BCUT2D eigenvalue weighted by Crippen LogP contribution is 2.31. The maximum Gasteiger partial charge on any atom is 0.137 e. The third-order valence-electron chi connectivity index (χ3n) is 3.37. The number of methoxy groups -OCH3 is 1. The van der Waals surface area contributed by atoms with Crippen LogP contribution in [0, 0.1) is 5.92 Å². The van der Waals surface area contributed by atoms with Crippen molar-refractivity contribution in [3.63, 3.8) is 0 Å². The Hall–Kier alpha value is -0.810. The highest BCUT2D eigenvalue weighted by atomic mass is 35.5. The highest BCUT2D eigenvalue weighted by Gasteiger charge is 2.21. The Kier molecular flexibility index (Phi) is 4.83. The molecule has 1 heterocycles. The van der Waals surface area contributed by atoms with Crippen molar-refractivity contribution in [3.8, 4) is 5.75 Å². The minimum atomic E-state index is 0.0999. The molecule has 1 fully saturated rings. The summed E-state index contributed by atoms with van der Waals surface area (Å²) < 4.78 is 10.6. The monoisotopic (exact) mass is 270 g/mol. The van der Waals surface area contributed by atoms with E-state index in [4.69, 9.17) is 26.9 Å². The second-order valence-corrected chi connectivity index (χ2v) is 4.99. The molecule has 18 heavy (non-hydrogen) atoms. The van der Waals surface area contributed by atoms with Gasteiger partial charge in [0.1, 0.15) is 5.75 Å². The van der Waals surface area contributed by atoms with Crippen LogP contribution in [0.5, 0.6) is 5.75 Å². The number of rotatable bonds is 5. The summed E-state index contributed by atoms with van der Waals surface area (Å²) in [5.41, 5.74) is 3.95. The molecule has 1 saturated heterocycles. The predicted octanol–water partition coefficient (Wildman–Crippen LogP) is 2.28. The van der Waals surface area contributed by atoms with Crippen LogP contribution < -0.4 is 16.0 Å². The molecule has 1 aliphatic heterocycles. The van der Waals surface area contributed by atoms with Gasteiger partial charge in [0.05, 0.1) is 12.1 Å². The van der Waals surface area contributed by atoms with E-state index in [0.29, 0.717) is 16.7 Å². The van der Waals surface area contributed by atoms with Crippen LogP contribution in [0.15, 0.2) is 18.2 Å². The van der Waals surface area contributed by atoms with Gasteiger partial charge in [-0.2, -0.15) is 0 Å². The Labute approximate surface area is 112 Å². The summed E-state index contributed by atoms with van der Waals surface area (Å²) in [5.74, 6) is 6.89. The van der Waals surface area contributed by atoms with Crippen LogP contribution in [0.4, 0.5) is 0 Å². The largest absolute Gasteiger partial charge is 0.495 e. The van der Waals surface area contributed by atoms with Gasteiger partial charge < -0.3 is 9.47 Å². The van der Waals surface area contributed by atoms with Crippen LogP contribution in [-0.2, 0) is 4.74 Å². The van der Waals surface area contributed by atoms with Crippen LogP contribution in [0.3, 0.4) is 0 Å². The van der Waals surface area contributed by atoms with E-state index in [1.165, 1.54) is 0 Å². The Bertz CT molecular complexity index is 395. The number of benzene rings is 1. The first-order valence-corrected chi connectivity index (χ1v) is 6.49. The molecule has 1 aromatic rings. The van der Waals surface area contributed by atoms with Crippen LogP contribution in [0.2, 0.25) is 5.02 Å². The molecule has 0 aliphatic carbocycles. The van der Waals surface area contributed by atoms with Gasteiger partial charge in [-0.05, 0) is 36.5 Å². The lowest BCUT2D eigenvalue weighted by Crippen LogP contribution is -2.29. The zero-order chi connectivity index (χ0) is 13.0. The quantitative estimate of drug-likeness (QED) is 0.637. The molecule has 0 aromatic heterocycles. The maximum atomic E-state index is 6.02. The van der Waals surface area contributed by atoms with Crippen molar-refractivity contribution in [2.75, 3.05) is 20.3 Å². The van der Waals surface area contributed by atoms with Gasteiger partial charge >= 0.3 is 0 Å². The Morgan fingerprint density at radius 2 is 2.44 bits per heavy atom. The topological polar surface area (TPSA) is 56.5 Å². The minimum Gasteiger partial charge on any atom is -0.495 e. The van der Waals surface area contributed by atoms with Crippen molar-refractivity contribution in [3.05, 3.63) is 28.8 Å². The van der Waals surface area contributed by atoms with E-state index >= 15 is 0 Å². The molecule has 1 aliphatic rings. The van der Waals surface area contributed by atoms with Crippen molar-refractivity contribution in [1.29, 1.82) is 0 Å². The Balaban J connectivity index is 2.10. The summed E-state index contributed by atoms with van der Waals surface area (Å²) in [6.45, 7) is 1.68. The number of ether oxygens (including phenoxy) is 2. The summed E-state index contributed by atoms with van der Waals surface area (Å²) in [6.07, 6.45) is 2.06. The fourth-order valence-corrected chi connectivity index (χ4v) is 2.49. The average Bonchev–Trinajstić information content (AvgIpc) is 2.89. The standard InChI is InChI=1S/C13H19ClN2O2/c1-17-13-7-10(2-3-11(13)14)12(16-15)6-9-4-5-18-8-9/h2-3,7,9,12,16H,4-6,8,15H2,1H3. The minimum absolute atomic E-state index is 0.0999. The zero-order valence-corrected chi connectivity index (χ0v) is 11.2. The van der Waals surface area contributed by atoms with E-state index in [1.54, 1.807) is 7.11 Å². The lowest BCUT2D eigenvalue weighted by atomic mass is 9.94. The second-order valence-electron chi connectivity index (χ2n) is 4.58. The van der Waals surface area contributed by atoms with E-state index in [1.807, 2.05) is 18.2 Å². The van der Waals surface area contributed by atoms with Gasteiger partial charge in [0.25, 0.3) is 0 Å². The Morgan fingerprint density at radius 1 is 1.61 bits per heavy atom. The summed E-state index contributed by atoms with van der Waals surface area (Å²) in [7, 11) is 1.61. The molecule has 0 saturated carbocycles. The van der Waals surface area contributed by atoms with Crippen molar-refractivity contribution < 1.29 is 9.47 Å². The maximum absolute atomic E-state index is 6.02. The molecule has 0 radical (unpaired) electrons. The number of nitrogens with one attached hydrogen (secondary N) is 1. The van der Waals surface area contributed by atoms with Gasteiger partial charge in [-0.15, -0.1) is 0 Å². The van der Waals surface area contributed by atoms with Gasteiger partial charge in [-0.1, -0.05) is 17.7 Å². The van der Waals surface area contributed by atoms with Crippen LogP contribution in [0.25, 0.3) is 0 Å². The van der Waals surface area contributed by atoms with Crippen LogP contribution in [0.1, 0.15) is 24.4 Å². The van der Waals surface area contributed by atoms with Crippen molar-refractivity contribution >= 4 is 11.6 Å². The third-order valence-corrected chi connectivity index (χ3v) is 3.68. The van der Waals surface area contributed by atoms with Gasteiger partial charge in [0, 0.05) is 19.3 Å². The molecule has 2 atom stereocenters. The number of hydrogen-bond acceptors (Lipinski definition) is 4. The first-order valence-electron chi connectivity index (χ1n) is 6.12. The third kappa shape index (κ3) is 3.14. The summed E-state index contributed by atoms with van der Waals surface area (Å²) in [4.78, 5) is 0. The zero-order valence-electron chi connectivity index (χ0n) is 10.5. The van der Waals surface area contributed by atoms with E-state index in [2.05, 4.69) is 5.43 Å². The van der Waals surface area contributed by atoms with Crippen molar-refractivity contribution in [1.82, 2.24) is 5.43 Å². The smallest absolute Gasteiger partial charge is 0.137 e. The first kappa shape index (κ1) is 13.6. The fourth-order valence-electron chi connectivity index (χ4n) is 2.30. The van der Waals surface area contributed by atoms with Gasteiger partial charge in [-0.25, -0.2) is 0 Å². The molecule has 1 aromatic carbocycles. The molecule has 4 nitrogen and oxygen atoms in total. The fraction of sp³-hybridized carbons (Fsp3) is 0.538. The summed E-state index contributed by atoms with van der Waals surface area (Å²) in [5, 5.41) is 0.612. The van der Waals surface area contributed by atoms with Crippen LogP contribution >= 0.6 is 11.6 Å². The summed E-state index contributed by atoms with van der Waals surface area (Å²) >= 11 is 6.02. The van der Waals surface area contributed by atoms with E-state index in [0.717, 1.165) is 31.6 Å². The van der Waals surface area contributed by atoms with Crippen molar-refractivity contribution in [2.45, 2.75) is 18.9 Å². The second kappa shape index (κ2) is 6.38. The molecule has 0 amide bonds. The number of halogens is 1. The molecule has 100 valence electrons. The molecular formula is C13H19ClN2O2. The molecular weight excluding hydrogens is 252 g/mol. The average molecular weight is 271 g/mol. The van der Waals surface area contributed by atoms with E-state index in [9.17, 15) is 0 Å². The lowest BCUT2D eigenvalue weighted by Gasteiger charge is -2.20. The predicted molar refractivity (Wildman–Crippen MR) is 71.6 cm³/mol. The molecule has 0 bridgehead atoms. The van der Waals surface area contributed by atoms with Gasteiger partial charge in [-0.3, -0.25) is 11.3 Å². The number of hydrazine groups is 1. The van der Waals surface area contributed by atoms with Crippen LogP contribution in [-0.4, -0.2) is 20.3 Å². The SMILES string of the molecule is COc1cc(C(CC2CCOC2)NN)ccc1Cl. The van der Waals surface area contributed by atoms with E-state index in [-0.39, 0.29) is 6.04 Å². The van der Waals surface area contributed by atoms with E-state index < -0.39 is 0 Å². The molecule has 5 heteroatoms. The normalized spacial score (nSPS) is 20.9. The lowest BCUT2D eigenvalue weighted by molar-refractivity contribution is 0.181. The number of hydrogen-bond donors (Lipinski definition) is 2. The molecule has 2 rings (SSSR count). The first-order chi connectivity index (χ1) is 8.74. The van der Waals surface area contributed by atoms with Gasteiger partial charge in [0.15, 0.2) is 0 Å². The number of nitrogens with two attached hydrogens (primary N) is 1. The van der Waals surface area contributed by atoms with Gasteiger partial charge in [0.2, 0.25) is 0 Å². The molecule has 3 N–H and O–H groups in total.